The predicted octanol–water partition coefficient (Wildman–Crippen LogP) is 3.99. The van der Waals surface area contributed by atoms with E-state index < -0.39 is 15.9 Å². The van der Waals surface area contributed by atoms with Crippen molar-refractivity contribution in [2.75, 3.05) is 13.1 Å². The van der Waals surface area contributed by atoms with Crippen molar-refractivity contribution in [3.63, 3.8) is 0 Å². The first-order valence-corrected chi connectivity index (χ1v) is 11.5. The zero-order chi connectivity index (χ0) is 21.0. The monoisotopic (exact) mass is 458 g/mol. The third-order valence-electron chi connectivity index (χ3n) is 4.86. The van der Waals surface area contributed by atoms with Gasteiger partial charge in [0.1, 0.15) is 5.82 Å². The van der Waals surface area contributed by atoms with E-state index in [1.807, 2.05) is 0 Å². The Hall–Kier alpha value is -1.67. The molecule has 156 valence electrons. The van der Waals surface area contributed by atoms with Crippen LogP contribution >= 0.6 is 23.2 Å². The Morgan fingerprint density at radius 1 is 1.10 bits per heavy atom. The molecular weight excluding hydrogens is 438 g/mol. The number of rotatable bonds is 6. The molecule has 0 saturated carbocycles. The lowest BCUT2D eigenvalue weighted by Crippen LogP contribution is -2.45. The van der Waals surface area contributed by atoms with E-state index >= 15 is 0 Å². The molecule has 0 aliphatic carbocycles. The number of hydrogen-bond acceptors (Lipinski definition) is 3. The summed E-state index contributed by atoms with van der Waals surface area (Å²) in [4.78, 5) is 12.5. The molecule has 2 aromatic carbocycles. The molecule has 3 rings (SSSR count). The second-order valence-corrected chi connectivity index (χ2v) is 9.83. The molecule has 1 heterocycles. The summed E-state index contributed by atoms with van der Waals surface area (Å²) in [6.07, 6.45) is 1.23. The summed E-state index contributed by atoms with van der Waals surface area (Å²) in [7, 11) is -3.59. The van der Waals surface area contributed by atoms with E-state index in [1.54, 1.807) is 24.3 Å². The molecule has 0 radical (unpaired) electrons. The van der Waals surface area contributed by atoms with Crippen LogP contribution in [0.15, 0.2) is 42.5 Å². The standard InChI is InChI=1S/C20H21Cl2FN2O3S/c21-18-8-5-15(10-19(18)22)13-29(27,28)25-9-1-2-16(12-25)20(26)24-11-14-3-6-17(23)7-4-14/h3-8,10,16H,1-2,9,11-13H2,(H,24,26). The zero-order valence-electron chi connectivity index (χ0n) is 15.6. The van der Waals surface area contributed by atoms with Crippen molar-refractivity contribution in [3.05, 3.63) is 69.5 Å². The highest BCUT2D eigenvalue weighted by atomic mass is 35.5. The number of nitrogens with zero attached hydrogens (tertiary/aromatic N) is 1. The number of hydrogen-bond donors (Lipinski definition) is 1. The molecule has 0 spiro atoms. The minimum absolute atomic E-state index is 0.138. The highest BCUT2D eigenvalue weighted by Crippen LogP contribution is 2.26. The maximum atomic E-state index is 13.0. The van der Waals surface area contributed by atoms with Gasteiger partial charge < -0.3 is 5.32 Å². The Morgan fingerprint density at radius 3 is 2.48 bits per heavy atom. The highest BCUT2D eigenvalue weighted by molar-refractivity contribution is 7.88. The highest BCUT2D eigenvalue weighted by Gasteiger charge is 2.32. The molecule has 1 fully saturated rings. The third-order valence-corrected chi connectivity index (χ3v) is 7.42. The van der Waals surface area contributed by atoms with Gasteiger partial charge in [0.15, 0.2) is 0 Å². The van der Waals surface area contributed by atoms with Gasteiger partial charge in [-0.1, -0.05) is 41.4 Å². The molecule has 0 bridgehead atoms. The SMILES string of the molecule is O=C(NCc1ccc(F)cc1)C1CCCN(S(=O)(=O)Cc2ccc(Cl)c(Cl)c2)C1. The Bertz CT molecular complexity index is 984. The summed E-state index contributed by atoms with van der Waals surface area (Å²) >= 11 is 11.9. The molecule has 1 N–H and O–H groups in total. The van der Waals surface area contributed by atoms with Crippen molar-refractivity contribution in [2.24, 2.45) is 5.92 Å². The first kappa shape index (κ1) is 22.0. The first-order valence-electron chi connectivity index (χ1n) is 9.18. The lowest BCUT2D eigenvalue weighted by molar-refractivity contribution is -0.126. The van der Waals surface area contributed by atoms with E-state index in [4.69, 9.17) is 23.2 Å². The molecule has 9 heteroatoms. The molecule has 29 heavy (non-hydrogen) atoms. The smallest absolute Gasteiger partial charge is 0.224 e. The van der Waals surface area contributed by atoms with Gasteiger partial charge in [-0.3, -0.25) is 4.79 Å². The fraction of sp³-hybridized carbons (Fsp3) is 0.350. The summed E-state index contributed by atoms with van der Waals surface area (Å²) in [6.45, 7) is 0.788. The van der Waals surface area contributed by atoms with Crippen molar-refractivity contribution < 1.29 is 17.6 Å². The summed E-state index contributed by atoms with van der Waals surface area (Å²) in [5.74, 6) is -1.17. The Kier molecular flexibility index (Phi) is 7.16. The van der Waals surface area contributed by atoms with Crippen LogP contribution in [0.3, 0.4) is 0 Å². The number of amides is 1. The van der Waals surface area contributed by atoms with Gasteiger partial charge in [-0.2, -0.15) is 0 Å². The van der Waals surface area contributed by atoms with E-state index in [2.05, 4.69) is 5.32 Å². The molecule has 1 aliphatic rings. The average Bonchev–Trinajstić information content (AvgIpc) is 2.70. The molecule has 5 nitrogen and oxygen atoms in total. The number of benzene rings is 2. The van der Waals surface area contributed by atoms with Gasteiger partial charge in [0.25, 0.3) is 0 Å². The predicted molar refractivity (Wildman–Crippen MR) is 112 cm³/mol. The quantitative estimate of drug-likeness (QED) is 0.711. The van der Waals surface area contributed by atoms with Crippen LogP contribution < -0.4 is 5.32 Å². The van der Waals surface area contributed by atoms with E-state index in [0.717, 1.165) is 5.56 Å². The van der Waals surface area contributed by atoms with Crippen LogP contribution in [0.4, 0.5) is 4.39 Å². The maximum absolute atomic E-state index is 13.0. The summed E-state index contributed by atoms with van der Waals surface area (Å²) in [5, 5.41) is 3.47. The van der Waals surface area contributed by atoms with Crippen molar-refractivity contribution in [2.45, 2.75) is 25.1 Å². The lowest BCUT2D eigenvalue weighted by atomic mass is 9.99. The van der Waals surface area contributed by atoms with Gasteiger partial charge >= 0.3 is 0 Å². The second kappa shape index (κ2) is 9.43. The van der Waals surface area contributed by atoms with E-state index in [0.29, 0.717) is 35.0 Å². The van der Waals surface area contributed by atoms with Gasteiger partial charge in [0.05, 0.1) is 21.7 Å². The van der Waals surface area contributed by atoms with Gasteiger partial charge in [-0.25, -0.2) is 17.1 Å². The van der Waals surface area contributed by atoms with Crippen LogP contribution in [-0.4, -0.2) is 31.7 Å². The van der Waals surface area contributed by atoms with Crippen molar-refractivity contribution in [1.29, 1.82) is 0 Å². The summed E-state index contributed by atoms with van der Waals surface area (Å²) < 4.78 is 40.0. The number of sulfonamides is 1. The van der Waals surface area contributed by atoms with Crippen LogP contribution in [0.1, 0.15) is 24.0 Å². The zero-order valence-corrected chi connectivity index (χ0v) is 17.9. The molecule has 1 aliphatic heterocycles. The minimum Gasteiger partial charge on any atom is -0.352 e. The van der Waals surface area contributed by atoms with Crippen molar-refractivity contribution >= 4 is 39.1 Å². The molecule has 2 aromatic rings. The van der Waals surface area contributed by atoms with E-state index in [9.17, 15) is 17.6 Å². The normalized spacial score (nSPS) is 17.8. The fourth-order valence-electron chi connectivity index (χ4n) is 3.28. The van der Waals surface area contributed by atoms with Crippen LogP contribution in [-0.2, 0) is 27.1 Å². The minimum atomic E-state index is -3.59. The van der Waals surface area contributed by atoms with Crippen LogP contribution in [0.25, 0.3) is 0 Å². The van der Waals surface area contributed by atoms with Crippen LogP contribution in [0, 0.1) is 11.7 Å². The molecule has 0 aromatic heterocycles. The summed E-state index contributed by atoms with van der Waals surface area (Å²) in [6, 6.07) is 10.6. The molecule has 1 unspecified atom stereocenters. The summed E-state index contributed by atoms with van der Waals surface area (Å²) in [5.41, 5.74) is 1.32. The van der Waals surface area contributed by atoms with Gasteiger partial charge in [0.2, 0.25) is 15.9 Å². The molecular formula is C20H21Cl2FN2O3S. The molecule has 1 saturated heterocycles. The molecule has 1 atom stereocenters. The number of nitrogens with one attached hydrogen (secondary N) is 1. The van der Waals surface area contributed by atoms with Crippen molar-refractivity contribution in [3.8, 4) is 0 Å². The largest absolute Gasteiger partial charge is 0.352 e. The van der Waals surface area contributed by atoms with Crippen molar-refractivity contribution in [1.82, 2.24) is 9.62 Å². The van der Waals surface area contributed by atoms with Gasteiger partial charge in [-0.15, -0.1) is 0 Å². The number of carbonyl (C=O) groups excluding carboxylic acids is 1. The Balaban J connectivity index is 1.60. The number of carbonyl (C=O) groups is 1. The fourth-order valence-corrected chi connectivity index (χ4v) is 5.19. The van der Waals surface area contributed by atoms with Gasteiger partial charge in [0, 0.05) is 19.6 Å². The maximum Gasteiger partial charge on any atom is 0.224 e. The molecule has 1 amide bonds. The lowest BCUT2D eigenvalue weighted by Gasteiger charge is -2.31. The van der Waals surface area contributed by atoms with Crippen LogP contribution in [0.2, 0.25) is 10.0 Å². The second-order valence-electron chi connectivity index (χ2n) is 7.05. The number of piperidine rings is 1. The van der Waals surface area contributed by atoms with Crippen LogP contribution in [0.5, 0.6) is 0 Å². The van der Waals surface area contributed by atoms with E-state index in [1.165, 1.54) is 22.5 Å². The Labute approximate surface area is 179 Å². The van der Waals surface area contributed by atoms with Gasteiger partial charge in [-0.05, 0) is 48.2 Å². The number of halogens is 3. The third kappa shape index (κ3) is 5.92. The topological polar surface area (TPSA) is 66.5 Å². The average molecular weight is 459 g/mol. The Morgan fingerprint density at radius 2 is 1.79 bits per heavy atom. The van der Waals surface area contributed by atoms with E-state index in [-0.39, 0.29) is 30.6 Å². The first-order chi connectivity index (χ1) is 13.7.